The van der Waals surface area contributed by atoms with Crippen LogP contribution >= 0.6 is 11.8 Å². The van der Waals surface area contributed by atoms with Gasteiger partial charge >= 0.3 is 5.97 Å². The Morgan fingerprint density at radius 2 is 2.00 bits per heavy atom. The van der Waals surface area contributed by atoms with E-state index in [-0.39, 0.29) is 12.3 Å². The maximum absolute atomic E-state index is 11.5. The van der Waals surface area contributed by atoms with Gasteiger partial charge in [-0.1, -0.05) is 6.07 Å². The van der Waals surface area contributed by atoms with Gasteiger partial charge in [0.2, 0.25) is 5.91 Å². The topological polar surface area (TPSA) is 86.6 Å². The number of rotatable bonds is 7. The lowest BCUT2D eigenvalue weighted by molar-refractivity contribution is -0.142. The van der Waals surface area contributed by atoms with Crippen LogP contribution in [0.3, 0.4) is 0 Å². The number of carboxylic acid groups (broad SMARTS) is 1. The van der Waals surface area contributed by atoms with Crippen molar-refractivity contribution < 1.29 is 19.8 Å². The molecule has 0 radical (unpaired) electrons. The molecular weight excluding hydrogens is 278 g/mol. The number of thioether (sulfide) groups is 1. The summed E-state index contributed by atoms with van der Waals surface area (Å²) in [5.41, 5.74) is 2.42. The van der Waals surface area contributed by atoms with E-state index in [1.807, 2.05) is 26.0 Å². The summed E-state index contributed by atoms with van der Waals surface area (Å²) in [5.74, 6) is -1.04. The molecule has 0 unspecified atom stereocenters. The van der Waals surface area contributed by atoms with Gasteiger partial charge < -0.3 is 15.5 Å². The average Bonchev–Trinajstić information content (AvgIpc) is 2.39. The first-order valence-corrected chi connectivity index (χ1v) is 7.25. The van der Waals surface area contributed by atoms with E-state index in [4.69, 9.17) is 10.2 Å². The molecule has 110 valence electrons. The number of aliphatic carboxylic acids is 1. The minimum absolute atomic E-state index is 0.210. The minimum atomic E-state index is -1.23. The van der Waals surface area contributed by atoms with Crippen molar-refractivity contribution in [3.63, 3.8) is 0 Å². The zero-order valence-electron chi connectivity index (χ0n) is 11.5. The summed E-state index contributed by atoms with van der Waals surface area (Å²) >= 11 is 1.54. The van der Waals surface area contributed by atoms with E-state index in [0.717, 1.165) is 4.90 Å². The highest BCUT2D eigenvalue weighted by Crippen LogP contribution is 2.21. The van der Waals surface area contributed by atoms with E-state index in [0.29, 0.717) is 5.75 Å². The number of aliphatic hydroxyl groups is 1. The first-order valence-electron chi connectivity index (χ1n) is 6.27. The summed E-state index contributed by atoms with van der Waals surface area (Å²) in [6.07, 6.45) is 0.210. The second kappa shape index (κ2) is 7.91. The Hall–Kier alpha value is -1.53. The lowest BCUT2D eigenvalue weighted by Crippen LogP contribution is -2.43. The summed E-state index contributed by atoms with van der Waals surface area (Å²) < 4.78 is 0. The number of hydrogen-bond donors (Lipinski definition) is 3. The molecule has 1 atom stereocenters. The van der Waals surface area contributed by atoms with Crippen LogP contribution in [0.1, 0.15) is 17.5 Å². The summed E-state index contributed by atoms with van der Waals surface area (Å²) in [7, 11) is 0. The van der Waals surface area contributed by atoms with Crippen LogP contribution < -0.4 is 5.32 Å². The fourth-order valence-electron chi connectivity index (χ4n) is 1.52. The van der Waals surface area contributed by atoms with Gasteiger partial charge in [-0.3, -0.25) is 4.79 Å². The van der Waals surface area contributed by atoms with Crippen molar-refractivity contribution in [3.8, 4) is 0 Å². The molecule has 3 N–H and O–H groups in total. The van der Waals surface area contributed by atoms with Crippen LogP contribution in [0.25, 0.3) is 0 Å². The molecule has 1 amide bonds. The van der Waals surface area contributed by atoms with Crippen molar-refractivity contribution in [2.24, 2.45) is 0 Å². The van der Waals surface area contributed by atoms with Gasteiger partial charge in [0.1, 0.15) is 6.04 Å². The lowest BCUT2D eigenvalue weighted by Gasteiger charge is -2.11. The van der Waals surface area contributed by atoms with Gasteiger partial charge in [0, 0.05) is 17.1 Å². The van der Waals surface area contributed by atoms with E-state index in [2.05, 4.69) is 11.4 Å². The standard InChI is InChI=1S/C14H19NO4S/c1-9-3-4-11(7-10(9)2)20-6-5-13(17)15-12(8-16)14(18)19/h3-4,7,12,16H,5-6,8H2,1-2H3,(H,15,17)(H,18,19)/t12-/m0/s1. The van der Waals surface area contributed by atoms with Gasteiger partial charge in [-0.15, -0.1) is 11.8 Å². The number of carbonyl (C=O) groups excluding carboxylic acids is 1. The van der Waals surface area contributed by atoms with E-state index >= 15 is 0 Å². The van der Waals surface area contributed by atoms with E-state index in [9.17, 15) is 9.59 Å². The van der Waals surface area contributed by atoms with Crippen molar-refractivity contribution in [1.29, 1.82) is 0 Å². The highest BCUT2D eigenvalue weighted by Gasteiger charge is 2.18. The second-order valence-electron chi connectivity index (χ2n) is 4.49. The van der Waals surface area contributed by atoms with Gasteiger partial charge in [0.25, 0.3) is 0 Å². The highest BCUT2D eigenvalue weighted by molar-refractivity contribution is 7.99. The number of carbonyl (C=O) groups is 2. The van der Waals surface area contributed by atoms with Crippen LogP contribution in [0.5, 0.6) is 0 Å². The molecule has 6 heteroatoms. The molecule has 5 nitrogen and oxygen atoms in total. The summed E-state index contributed by atoms with van der Waals surface area (Å²) in [4.78, 5) is 23.3. The zero-order chi connectivity index (χ0) is 15.1. The number of carboxylic acids is 1. The molecule has 0 bridgehead atoms. The first kappa shape index (κ1) is 16.5. The van der Waals surface area contributed by atoms with Gasteiger partial charge in [-0.2, -0.15) is 0 Å². The van der Waals surface area contributed by atoms with Crippen molar-refractivity contribution in [3.05, 3.63) is 29.3 Å². The highest BCUT2D eigenvalue weighted by atomic mass is 32.2. The molecular formula is C14H19NO4S. The van der Waals surface area contributed by atoms with Gasteiger partial charge in [0.05, 0.1) is 6.61 Å². The molecule has 0 saturated heterocycles. The maximum atomic E-state index is 11.5. The van der Waals surface area contributed by atoms with Gasteiger partial charge in [0.15, 0.2) is 0 Å². The Morgan fingerprint density at radius 1 is 1.30 bits per heavy atom. The average molecular weight is 297 g/mol. The Kier molecular flexibility index (Phi) is 6.54. The predicted octanol–water partition coefficient (Wildman–Crippen LogP) is 1.35. The Balaban J connectivity index is 2.38. The van der Waals surface area contributed by atoms with E-state index in [1.165, 1.54) is 11.1 Å². The smallest absolute Gasteiger partial charge is 0.328 e. The molecule has 0 aliphatic carbocycles. The van der Waals surface area contributed by atoms with Crippen LogP contribution in [0.15, 0.2) is 23.1 Å². The van der Waals surface area contributed by atoms with Crippen molar-refractivity contribution >= 4 is 23.6 Å². The molecule has 20 heavy (non-hydrogen) atoms. The van der Waals surface area contributed by atoms with Crippen LogP contribution in [0.2, 0.25) is 0 Å². The van der Waals surface area contributed by atoms with E-state index in [1.54, 1.807) is 11.8 Å². The van der Waals surface area contributed by atoms with Crippen LogP contribution in [0, 0.1) is 13.8 Å². The summed E-state index contributed by atoms with van der Waals surface area (Å²) in [5, 5.41) is 19.8. The molecule has 0 heterocycles. The summed E-state index contributed by atoms with van der Waals surface area (Å²) in [6.45, 7) is 3.47. The third-order valence-electron chi connectivity index (χ3n) is 2.89. The monoisotopic (exact) mass is 297 g/mol. The minimum Gasteiger partial charge on any atom is -0.480 e. The van der Waals surface area contributed by atoms with Crippen LogP contribution in [-0.2, 0) is 9.59 Å². The number of benzene rings is 1. The van der Waals surface area contributed by atoms with E-state index < -0.39 is 18.6 Å². The maximum Gasteiger partial charge on any atom is 0.328 e. The van der Waals surface area contributed by atoms with Crippen LogP contribution in [-0.4, -0.2) is 40.5 Å². The fourth-order valence-corrected chi connectivity index (χ4v) is 2.46. The van der Waals surface area contributed by atoms with Crippen molar-refractivity contribution in [1.82, 2.24) is 5.32 Å². The number of amides is 1. The van der Waals surface area contributed by atoms with Crippen molar-refractivity contribution in [2.45, 2.75) is 31.2 Å². The van der Waals surface area contributed by atoms with Crippen LogP contribution in [0.4, 0.5) is 0 Å². The van der Waals surface area contributed by atoms with Gasteiger partial charge in [-0.05, 0) is 37.1 Å². The molecule has 0 aliphatic rings. The van der Waals surface area contributed by atoms with Gasteiger partial charge in [-0.25, -0.2) is 4.79 Å². The molecule has 0 fully saturated rings. The quantitative estimate of drug-likeness (QED) is 0.661. The molecule has 0 saturated carbocycles. The molecule has 1 aromatic rings. The molecule has 0 spiro atoms. The molecule has 0 aliphatic heterocycles. The number of nitrogens with one attached hydrogen (secondary N) is 1. The normalized spacial score (nSPS) is 11.9. The SMILES string of the molecule is Cc1ccc(SCCC(=O)N[C@@H](CO)C(=O)O)cc1C. The van der Waals surface area contributed by atoms with Crippen molar-refractivity contribution in [2.75, 3.05) is 12.4 Å². The predicted molar refractivity (Wildman–Crippen MR) is 77.9 cm³/mol. The number of hydrogen-bond acceptors (Lipinski definition) is 4. The molecule has 1 rings (SSSR count). The Morgan fingerprint density at radius 3 is 2.55 bits per heavy atom. The third-order valence-corrected chi connectivity index (χ3v) is 3.89. The third kappa shape index (κ3) is 5.22. The lowest BCUT2D eigenvalue weighted by atomic mass is 10.1. The zero-order valence-corrected chi connectivity index (χ0v) is 12.4. The molecule has 0 aromatic heterocycles. The molecule has 1 aromatic carbocycles. The largest absolute Gasteiger partial charge is 0.480 e. The summed E-state index contributed by atoms with van der Waals surface area (Å²) in [6, 6.07) is 4.86. The number of aryl methyl sites for hydroxylation is 2. The first-order chi connectivity index (χ1) is 9.43. The fraction of sp³-hybridized carbons (Fsp3) is 0.429. The number of aliphatic hydroxyl groups excluding tert-OH is 1. The Labute approximate surface area is 122 Å². The Bertz CT molecular complexity index is 490. The second-order valence-corrected chi connectivity index (χ2v) is 5.65.